The maximum absolute atomic E-state index is 13.1. The Bertz CT molecular complexity index is 492. The van der Waals surface area contributed by atoms with Crippen LogP contribution in [0.15, 0.2) is 29.6 Å². The highest BCUT2D eigenvalue weighted by molar-refractivity contribution is 6.70. The van der Waals surface area contributed by atoms with Gasteiger partial charge in [0.25, 0.3) is 0 Å². The summed E-state index contributed by atoms with van der Waals surface area (Å²) in [5.41, 5.74) is 1.12. The molecule has 18 heavy (non-hydrogen) atoms. The Balaban J connectivity index is 2.85. The Morgan fingerprint density at radius 1 is 1.28 bits per heavy atom. The molecule has 0 heterocycles. The van der Waals surface area contributed by atoms with Gasteiger partial charge in [0.15, 0.2) is 17.5 Å². The molecule has 0 spiro atoms. The molecule has 0 aromatic heterocycles. The standard InChI is InChI=1S/C13H17F2NOSi/c1-9-6-12(14)13(15)7-11(9)8-16-10(2)17-18(3,4)5/h6-8H,2H2,1,3-5H3/b16-8+. The van der Waals surface area contributed by atoms with E-state index in [4.69, 9.17) is 4.43 Å². The molecular weight excluding hydrogens is 252 g/mol. The van der Waals surface area contributed by atoms with Crippen LogP contribution in [0.5, 0.6) is 0 Å². The van der Waals surface area contributed by atoms with Crippen LogP contribution in [0.1, 0.15) is 11.1 Å². The number of aliphatic imine (C=N–C) groups is 1. The second kappa shape index (κ2) is 5.43. The van der Waals surface area contributed by atoms with Crippen molar-refractivity contribution < 1.29 is 13.2 Å². The number of hydrogen-bond donors (Lipinski definition) is 0. The van der Waals surface area contributed by atoms with E-state index < -0.39 is 20.0 Å². The van der Waals surface area contributed by atoms with Gasteiger partial charge in [-0.05, 0) is 56.4 Å². The molecule has 0 bridgehead atoms. The van der Waals surface area contributed by atoms with E-state index in [2.05, 4.69) is 11.6 Å². The van der Waals surface area contributed by atoms with Crippen molar-refractivity contribution in [3.05, 3.63) is 47.4 Å². The molecule has 2 nitrogen and oxygen atoms in total. The molecule has 5 heteroatoms. The van der Waals surface area contributed by atoms with E-state index in [-0.39, 0.29) is 0 Å². The minimum absolute atomic E-state index is 0.290. The van der Waals surface area contributed by atoms with E-state index in [1.807, 2.05) is 19.6 Å². The molecule has 1 rings (SSSR count). The number of nitrogens with zero attached hydrogens (tertiary/aromatic N) is 1. The van der Waals surface area contributed by atoms with Gasteiger partial charge < -0.3 is 4.43 Å². The van der Waals surface area contributed by atoms with Crippen LogP contribution in [-0.2, 0) is 4.43 Å². The summed E-state index contributed by atoms with van der Waals surface area (Å²) in [6, 6.07) is 2.24. The largest absolute Gasteiger partial charge is 0.532 e. The molecule has 0 aliphatic heterocycles. The number of aryl methyl sites for hydroxylation is 1. The second-order valence-corrected chi connectivity index (χ2v) is 9.42. The molecule has 0 aliphatic carbocycles. The predicted molar refractivity (Wildman–Crippen MR) is 72.3 cm³/mol. The molecule has 0 saturated carbocycles. The van der Waals surface area contributed by atoms with Crippen LogP contribution in [0.4, 0.5) is 8.78 Å². The third kappa shape index (κ3) is 4.41. The van der Waals surface area contributed by atoms with Crippen molar-refractivity contribution in [3.63, 3.8) is 0 Å². The van der Waals surface area contributed by atoms with Crippen LogP contribution in [-0.4, -0.2) is 14.5 Å². The lowest BCUT2D eigenvalue weighted by atomic mass is 10.1. The Labute approximate surface area is 107 Å². The third-order valence-corrected chi connectivity index (χ3v) is 2.93. The lowest BCUT2D eigenvalue weighted by Crippen LogP contribution is -2.24. The maximum atomic E-state index is 13.1. The highest BCUT2D eigenvalue weighted by atomic mass is 28.4. The summed E-state index contributed by atoms with van der Waals surface area (Å²) in [7, 11) is -1.74. The first-order valence-corrected chi connectivity index (χ1v) is 8.97. The summed E-state index contributed by atoms with van der Waals surface area (Å²) in [6.45, 7) is 11.4. The molecule has 0 amide bonds. The summed E-state index contributed by atoms with van der Waals surface area (Å²) in [5.74, 6) is -1.46. The van der Waals surface area contributed by atoms with Gasteiger partial charge in [0.2, 0.25) is 8.32 Å². The first-order chi connectivity index (χ1) is 8.19. The fourth-order valence-corrected chi connectivity index (χ4v) is 2.08. The topological polar surface area (TPSA) is 21.6 Å². The van der Waals surface area contributed by atoms with Crippen LogP contribution in [0, 0.1) is 18.6 Å². The van der Waals surface area contributed by atoms with Gasteiger partial charge in [0.05, 0.1) is 0 Å². The minimum atomic E-state index is -1.74. The summed E-state index contributed by atoms with van der Waals surface area (Å²) < 4.78 is 31.5. The minimum Gasteiger partial charge on any atom is -0.532 e. The fourth-order valence-electron chi connectivity index (χ4n) is 1.32. The normalized spacial score (nSPS) is 11.9. The van der Waals surface area contributed by atoms with Crippen molar-refractivity contribution in [2.45, 2.75) is 26.6 Å². The fraction of sp³-hybridized carbons (Fsp3) is 0.308. The summed E-state index contributed by atoms with van der Waals surface area (Å²) >= 11 is 0. The molecule has 1 aromatic carbocycles. The van der Waals surface area contributed by atoms with Gasteiger partial charge in [0, 0.05) is 6.21 Å². The smallest absolute Gasteiger partial charge is 0.244 e. The van der Waals surface area contributed by atoms with Gasteiger partial charge in [0.1, 0.15) is 0 Å². The Morgan fingerprint density at radius 2 is 1.83 bits per heavy atom. The monoisotopic (exact) mass is 269 g/mol. The molecule has 0 aliphatic rings. The zero-order chi connectivity index (χ0) is 13.9. The van der Waals surface area contributed by atoms with Gasteiger partial charge in [-0.3, -0.25) is 0 Å². The van der Waals surface area contributed by atoms with Crippen molar-refractivity contribution in [1.82, 2.24) is 0 Å². The van der Waals surface area contributed by atoms with Gasteiger partial charge >= 0.3 is 0 Å². The molecule has 98 valence electrons. The van der Waals surface area contributed by atoms with E-state index in [1.165, 1.54) is 6.21 Å². The summed E-state index contributed by atoms with van der Waals surface area (Å²) in [4.78, 5) is 4.02. The van der Waals surface area contributed by atoms with Crippen LogP contribution in [0.25, 0.3) is 0 Å². The number of halogens is 2. The van der Waals surface area contributed by atoms with E-state index >= 15 is 0 Å². The number of benzene rings is 1. The van der Waals surface area contributed by atoms with E-state index in [9.17, 15) is 8.78 Å². The summed E-state index contributed by atoms with van der Waals surface area (Å²) in [5, 5.41) is 0. The number of rotatable bonds is 4. The van der Waals surface area contributed by atoms with Crippen LogP contribution in [0.2, 0.25) is 19.6 Å². The predicted octanol–water partition coefficient (Wildman–Crippen LogP) is 4.01. The zero-order valence-electron chi connectivity index (χ0n) is 11.1. The average Bonchev–Trinajstić information content (AvgIpc) is 2.19. The zero-order valence-corrected chi connectivity index (χ0v) is 12.1. The van der Waals surface area contributed by atoms with Crippen molar-refractivity contribution in [1.29, 1.82) is 0 Å². The molecule has 1 aromatic rings. The first-order valence-electron chi connectivity index (χ1n) is 5.56. The van der Waals surface area contributed by atoms with Crippen LogP contribution < -0.4 is 0 Å². The molecule has 0 radical (unpaired) electrons. The van der Waals surface area contributed by atoms with Gasteiger partial charge in [-0.15, -0.1) is 0 Å². The SMILES string of the molecule is C=C(/N=C/c1cc(F)c(F)cc1C)O[Si](C)(C)C. The van der Waals surface area contributed by atoms with Gasteiger partial charge in [-0.2, -0.15) is 0 Å². The van der Waals surface area contributed by atoms with E-state index in [0.29, 0.717) is 17.0 Å². The first kappa shape index (κ1) is 14.6. The van der Waals surface area contributed by atoms with Gasteiger partial charge in [-0.1, -0.05) is 0 Å². The van der Waals surface area contributed by atoms with Crippen molar-refractivity contribution in [2.75, 3.05) is 0 Å². The van der Waals surface area contributed by atoms with E-state index in [1.54, 1.807) is 6.92 Å². The van der Waals surface area contributed by atoms with Crippen molar-refractivity contribution in [2.24, 2.45) is 4.99 Å². The van der Waals surface area contributed by atoms with E-state index in [0.717, 1.165) is 12.1 Å². The lowest BCUT2D eigenvalue weighted by molar-refractivity contribution is 0.421. The molecule has 0 fully saturated rings. The second-order valence-electron chi connectivity index (χ2n) is 4.99. The molecule has 0 atom stereocenters. The maximum Gasteiger partial charge on any atom is 0.244 e. The summed E-state index contributed by atoms with van der Waals surface area (Å²) in [6.07, 6.45) is 1.43. The quantitative estimate of drug-likeness (QED) is 0.459. The molecular formula is C13H17F2NOSi. The van der Waals surface area contributed by atoms with Crippen molar-refractivity contribution in [3.8, 4) is 0 Å². The average molecular weight is 269 g/mol. The van der Waals surface area contributed by atoms with Crippen molar-refractivity contribution >= 4 is 14.5 Å². The molecule has 0 unspecified atom stereocenters. The van der Waals surface area contributed by atoms with Crippen LogP contribution in [0.3, 0.4) is 0 Å². The lowest BCUT2D eigenvalue weighted by Gasteiger charge is -2.18. The van der Waals surface area contributed by atoms with Gasteiger partial charge in [-0.25, -0.2) is 13.8 Å². The van der Waals surface area contributed by atoms with Crippen LogP contribution >= 0.6 is 0 Å². The Kier molecular flexibility index (Phi) is 4.40. The highest BCUT2D eigenvalue weighted by Crippen LogP contribution is 2.14. The third-order valence-electron chi connectivity index (χ3n) is 2.08. The Hall–Kier alpha value is -1.49. The highest BCUT2D eigenvalue weighted by Gasteiger charge is 2.16. The number of hydrogen-bond acceptors (Lipinski definition) is 2. The molecule has 0 saturated heterocycles. The Morgan fingerprint density at radius 3 is 2.39 bits per heavy atom. The molecule has 0 N–H and O–H groups in total.